The molecule has 118 valence electrons. The van der Waals surface area contributed by atoms with Crippen molar-refractivity contribution in [2.24, 2.45) is 4.99 Å². The lowest BCUT2D eigenvalue weighted by Crippen LogP contribution is -2.25. The Morgan fingerprint density at radius 2 is 2.14 bits per heavy atom. The summed E-state index contributed by atoms with van der Waals surface area (Å²) >= 11 is 0. The van der Waals surface area contributed by atoms with Gasteiger partial charge in [-0.15, -0.1) is 0 Å². The van der Waals surface area contributed by atoms with Crippen LogP contribution in [0.25, 0.3) is 0 Å². The predicted molar refractivity (Wildman–Crippen MR) is 84.5 cm³/mol. The molecule has 1 aromatic heterocycles. The zero-order chi connectivity index (χ0) is 16.5. The number of esters is 1. The lowest BCUT2D eigenvalue weighted by Gasteiger charge is -2.20. The molecule has 0 radical (unpaired) electrons. The predicted octanol–water partition coefficient (Wildman–Crippen LogP) is 2.48. The van der Waals surface area contributed by atoms with Gasteiger partial charge in [0.2, 0.25) is 0 Å². The average Bonchev–Trinajstić information content (AvgIpc) is 2.92. The number of carbonyl (C=O) groups excluding carboxylic acids is 1. The second kappa shape index (κ2) is 5.84. The highest BCUT2D eigenvalue weighted by molar-refractivity contribution is 5.96. The van der Waals surface area contributed by atoms with Gasteiger partial charge in [-0.1, -0.05) is 0 Å². The molecule has 0 aromatic carbocycles. The molecule has 0 unspecified atom stereocenters. The highest BCUT2D eigenvalue weighted by atomic mass is 16.6. The van der Waals surface area contributed by atoms with Gasteiger partial charge in [0.15, 0.2) is 5.69 Å². The lowest BCUT2D eigenvalue weighted by atomic mass is 10.1. The summed E-state index contributed by atoms with van der Waals surface area (Å²) in [5.74, 6) is -0.428. The molecule has 0 saturated heterocycles. The first kappa shape index (κ1) is 16.1. The number of fused-ring (bicyclic) bond motifs is 1. The summed E-state index contributed by atoms with van der Waals surface area (Å²) in [5.41, 5.74) is 1.58. The smallest absolute Gasteiger partial charge is 0.357 e. The number of hydrogen-bond acceptors (Lipinski definition) is 4. The van der Waals surface area contributed by atoms with Crippen molar-refractivity contribution in [3.8, 4) is 6.07 Å². The van der Waals surface area contributed by atoms with Crippen LogP contribution in [0.4, 0.5) is 5.69 Å². The molecule has 6 nitrogen and oxygen atoms in total. The molecule has 1 aliphatic heterocycles. The maximum atomic E-state index is 12.6. The minimum Gasteiger partial charge on any atom is -0.455 e. The summed E-state index contributed by atoms with van der Waals surface area (Å²) in [6.07, 6.45) is 3.31. The van der Waals surface area contributed by atoms with E-state index in [0.717, 1.165) is 25.1 Å². The molecule has 0 amide bonds. The Morgan fingerprint density at radius 3 is 2.68 bits per heavy atom. The van der Waals surface area contributed by atoms with Crippen molar-refractivity contribution in [3.05, 3.63) is 17.0 Å². The minimum absolute atomic E-state index is 0.386. The van der Waals surface area contributed by atoms with E-state index in [2.05, 4.69) is 11.1 Å². The van der Waals surface area contributed by atoms with Crippen LogP contribution in [0.5, 0.6) is 0 Å². The molecule has 0 saturated carbocycles. The molecule has 0 N–H and O–H groups in total. The topological polar surface area (TPSA) is 70.6 Å². The van der Waals surface area contributed by atoms with Gasteiger partial charge < -0.3 is 14.2 Å². The molecular weight excluding hydrogens is 280 g/mol. The second-order valence-corrected chi connectivity index (χ2v) is 6.60. The van der Waals surface area contributed by atoms with Crippen LogP contribution >= 0.6 is 0 Å². The van der Waals surface area contributed by atoms with Gasteiger partial charge in [0, 0.05) is 26.3 Å². The average molecular weight is 302 g/mol. The van der Waals surface area contributed by atoms with Crippen molar-refractivity contribution >= 4 is 18.0 Å². The van der Waals surface area contributed by atoms with Crippen molar-refractivity contribution in [1.29, 1.82) is 5.26 Å². The number of nitrogens with zero attached hydrogens (tertiary/aromatic N) is 4. The van der Waals surface area contributed by atoms with Crippen molar-refractivity contribution in [2.75, 3.05) is 14.1 Å². The number of hydrogen-bond donors (Lipinski definition) is 0. The fourth-order valence-corrected chi connectivity index (χ4v) is 2.51. The Morgan fingerprint density at radius 1 is 1.45 bits per heavy atom. The SMILES string of the molecule is CN(C)C=Nc1c(C#N)c2n(c1C(=O)OC(C)(C)C)CCC2. The minimum atomic E-state index is -0.588. The number of carbonyl (C=O) groups is 1. The molecule has 0 bridgehead atoms. The third kappa shape index (κ3) is 3.14. The number of nitriles is 1. The van der Waals surface area contributed by atoms with E-state index < -0.39 is 11.6 Å². The van der Waals surface area contributed by atoms with E-state index in [1.807, 2.05) is 39.4 Å². The van der Waals surface area contributed by atoms with E-state index in [1.54, 1.807) is 11.2 Å². The lowest BCUT2D eigenvalue weighted by molar-refractivity contribution is 0.00591. The molecule has 2 rings (SSSR count). The van der Waals surface area contributed by atoms with Crippen molar-refractivity contribution in [3.63, 3.8) is 0 Å². The Kier molecular flexibility index (Phi) is 4.27. The highest BCUT2D eigenvalue weighted by Crippen LogP contribution is 2.35. The van der Waals surface area contributed by atoms with Crippen LogP contribution in [-0.2, 0) is 17.7 Å². The van der Waals surface area contributed by atoms with Crippen LogP contribution in [0.2, 0.25) is 0 Å². The molecule has 22 heavy (non-hydrogen) atoms. The van der Waals surface area contributed by atoms with Crippen molar-refractivity contribution in [2.45, 2.75) is 45.8 Å². The van der Waals surface area contributed by atoms with Crippen LogP contribution in [-0.4, -0.2) is 41.5 Å². The summed E-state index contributed by atoms with van der Waals surface area (Å²) in [4.78, 5) is 18.7. The molecule has 0 atom stereocenters. The zero-order valence-corrected chi connectivity index (χ0v) is 13.8. The van der Waals surface area contributed by atoms with Crippen LogP contribution < -0.4 is 0 Å². The molecule has 1 aliphatic rings. The van der Waals surface area contributed by atoms with E-state index >= 15 is 0 Å². The number of ether oxygens (including phenoxy) is 1. The summed E-state index contributed by atoms with van der Waals surface area (Å²) in [7, 11) is 3.68. The Hall–Kier alpha value is -2.29. The first-order valence-electron chi connectivity index (χ1n) is 7.34. The third-order valence-electron chi connectivity index (χ3n) is 3.26. The van der Waals surface area contributed by atoms with Crippen LogP contribution in [0.1, 0.15) is 48.9 Å². The maximum Gasteiger partial charge on any atom is 0.357 e. The monoisotopic (exact) mass is 302 g/mol. The summed E-state index contributed by atoms with van der Waals surface area (Å²) in [5, 5.41) is 9.47. The van der Waals surface area contributed by atoms with E-state index in [0.29, 0.717) is 16.9 Å². The van der Waals surface area contributed by atoms with Crippen LogP contribution in [0, 0.1) is 11.3 Å². The number of aliphatic imine (C=N–C) groups is 1. The van der Waals surface area contributed by atoms with E-state index in [4.69, 9.17) is 4.74 Å². The number of rotatable bonds is 3. The zero-order valence-electron chi connectivity index (χ0n) is 13.8. The van der Waals surface area contributed by atoms with E-state index in [-0.39, 0.29) is 0 Å². The molecular formula is C16H22N4O2. The van der Waals surface area contributed by atoms with Crippen LogP contribution in [0.3, 0.4) is 0 Å². The van der Waals surface area contributed by atoms with Gasteiger partial charge in [-0.3, -0.25) is 0 Å². The summed E-state index contributed by atoms with van der Waals surface area (Å²) in [6.45, 7) is 6.20. The van der Waals surface area contributed by atoms with Crippen molar-refractivity contribution in [1.82, 2.24) is 9.47 Å². The number of aromatic nitrogens is 1. The molecule has 0 aliphatic carbocycles. The Labute approximate surface area is 131 Å². The van der Waals surface area contributed by atoms with Gasteiger partial charge in [-0.05, 0) is 33.6 Å². The van der Waals surface area contributed by atoms with Crippen LogP contribution in [0.15, 0.2) is 4.99 Å². The first-order valence-corrected chi connectivity index (χ1v) is 7.34. The summed E-state index contributed by atoms with van der Waals surface area (Å²) < 4.78 is 7.38. The first-order chi connectivity index (χ1) is 10.2. The molecule has 0 spiro atoms. The molecule has 2 heterocycles. The van der Waals surface area contributed by atoms with Gasteiger partial charge in [0.1, 0.15) is 17.4 Å². The highest BCUT2D eigenvalue weighted by Gasteiger charge is 2.32. The van der Waals surface area contributed by atoms with Crippen molar-refractivity contribution < 1.29 is 9.53 Å². The fourth-order valence-electron chi connectivity index (χ4n) is 2.51. The fraction of sp³-hybridized carbons (Fsp3) is 0.562. The van der Waals surface area contributed by atoms with E-state index in [9.17, 15) is 10.1 Å². The van der Waals surface area contributed by atoms with E-state index in [1.165, 1.54) is 0 Å². The maximum absolute atomic E-state index is 12.6. The Balaban J connectivity index is 2.56. The van der Waals surface area contributed by atoms with Gasteiger partial charge in [0.25, 0.3) is 0 Å². The second-order valence-electron chi connectivity index (χ2n) is 6.60. The standard InChI is InChI=1S/C16H22N4O2/c1-16(2,3)22-15(21)14-13(18-10-19(4)5)11(9-17)12-7-6-8-20(12)14/h10H,6-8H2,1-5H3. The van der Waals surface area contributed by atoms with Gasteiger partial charge in [-0.25, -0.2) is 9.79 Å². The quantitative estimate of drug-likeness (QED) is 0.488. The van der Waals surface area contributed by atoms with Gasteiger partial charge in [0.05, 0.1) is 11.9 Å². The third-order valence-corrected chi connectivity index (χ3v) is 3.26. The summed E-state index contributed by atoms with van der Waals surface area (Å²) in [6, 6.07) is 2.20. The normalized spacial score (nSPS) is 14.0. The van der Waals surface area contributed by atoms with Gasteiger partial charge in [-0.2, -0.15) is 5.26 Å². The Bertz CT molecular complexity index is 657. The molecule has 0 fully saturated rings. The largest absolute Gasteiger partial charge is 0.455 e. The van der Waals surface area contributed by atoms with Gasteiger partial charge >= 0.3 is 5.97 Å². The molecule has 1 aromatic rings. The molecule has 6 heteroatoms.